The van der Waals surface area contributed by atoms with Gasteiger partial charge in [0.1, 0.15) is 0 Å². The molecule has 0 atom stereocenters. The summed E-state index contributed by atoms with van der Waals surface area (Å²) in [7, 11) is 0. The van der Waals surface area contributed by atoms with Gasteiger partial charge in [0, 0.05) is 18.7 Å². The topological polar surface area (TPSA) is 75.4 Å². The lowest BCUT2D eigenvalue weighted by atomic mass is 10.1. The van der Waals surface area contributed by atoms with E-state index in [2.05, 4.69) is 5.32 Å². The molecule has 0 bridgehead atoms. The summed E-state index contributed by atoms with van der Waals surface area (Å²) in [6.45, 7) is 0.697. The molecular weight excluding hydrogens is 180 g/mol. The van der Waals surface area contributed by atoms with Crippen LogP contribution in [0.25, 0.3) is 0 Å². The molecule has 14 heavy (non-hydrogen) atoms. The smallest absolute Gasteiger partial charge is 0.251 e. The van der Waals surface area contributed by atoms with E-state index in [4.69, 9.17) is 10.8 Å². The molecule has 0 heterocycles. The second-order valence-corrected chi connectivity index (χ2v) is 2.88. The number of nitrogens with two attached hydrogens (primary N) is 1. The molecule has 0 aromatic heterocycles. The number of aliphatic hydroxyl groups is 1. The molecule has 4 heteroatoms. The van der Waals surface area contributed by atoms with E-state index in [0.717, 1.165) is 5.56 Å². The zero-order chi connectivity index (χ0) is 10.4. The Bertz CT molecular complexity index is 295. The first-order valence-corrected chi connectivity index (χ1v) is 4.46. The van der Waals surface area contributed by atoms with Crippen LogP contribution >= 0.6 is 0 Å². The highest BCUT2D eigenvalue weighted by atomic mass is 16.3. The molecule has 1 aromatic carbocycles. The second-order valence-electron chi connectivity index (χ2n) is 2.88. The summed E-state index contributed by atoms with van der Waals surface area (Å²) in [4.78, 5) is 11.3. The zero-order valence-electron chi connectivity index (χ0n) is 7.86. The van der Waals surface area contributed by atoms with Crippen molar-refractivity contribution in [1.29, 1.82) is 0 Å². The quantitative estimate of drug-likeness (QED) is 0.625. The molecule has 1 rings (SSSR count). The fourth-order valence-electron chi connectivity index (χ4n) is 1.06. The summed E-state index contributed by atoms with van der Waals surface area (Å²) in [6, 6.07) is 7.06. The summed E-state index contributed by atoms with van der Waals surface area (Å²) in [5, 5.41) is 11.1. The predicted octanol–water partition coefficient (Wildman–Crippen LogP) is -0.133. The van der Waals surface area contributed by atoms with Crippen LogP contribution in [0.4, 0.5) is 0 Å². The third-order valence-electron chi connectivity index (χ3n) is 1.85. The monoisotopic (exact) mass is 194 g/mol. The summed E-state index contributed by atoms with van der Waals surface area (Å²) < 4.78 is 0. The molecular formula is C10H14N2O2. The number of carbonyl (C=O) groups is 1. The molecule has 1 amide bonds. The van der Waals surface area contributed by atoms with Gasteiger partial charge in [-0.25, -0.2) is 0 Å². The third kappa shape index (κ3) is 2.83. The van der Waals surface area contributed by atoms with Gasteiger partial charge in [0.25, 0.3) is 5.91 Å². The third-order valence-corrected chi connectivity index (χ3v) is 1.85. The van der Waals surface area contributed by atoms with Gasteiger partial charge in [-0.15, -0.1) is 0 Å². The average molecular weight is 194 g/mol. The first-order chi connectivity index (χ1) is 6.77. The molecule has 4 nitrogen and oxygen atoms in total. The van der Waals surface area contributed by atoms with Gasteiger partial charge in [-0.3, -0.25) is 4.79 Å². The maximum atomic E-state index is 11.3. The summed E-state index contributed by atoms with van der Waals surface area (Å²) in [5.74, 6) is -0.178. The van der Waals surface area contributed by atoms with Crippen molar-refractivity contribution in [2.24, 2.45) is 5.73 Å². The largest absolute Gasteiger partial charge is 0.395 e. The molecule has 0 unspecified atom stereocenters. The van der Waals surface area contributed by atoms with Crippen LogP contribution in [0.1, 0.15) is 15.9 Å². The van der Waals surface area contributed by atoms with Gasteiger partial charge in [0.2, 0.25) is 0 Å². The molecule has 0 spiro atoms. The normalized spacial score (nSPS) is 9.86. The van der Waals surface area contributed by atoms with Crippen molar-refractivity contribution in [3.63, 3.8) is 0 Å². The Morgan fingerprint density at radius 1 is 1.36 bits per heavy atom. The van der Waals surface area contributed by atoms with Gasteiger partial charge in [-0.05, 0) is 17.7 Å². The van der Waals surface area contributed by atoms with Crippen molar-refractivity contribution in [3.8, 4) is 0 Å². The van der Waals surface area contributed by atoms with E-state index >= 15 is 0 Å². The number of aliphatic hydroxyl groups excluding tert-OH is 1. The Balaban J connectivity index is 2.62. The molecule has 4 N–H and O–H groups in total. The highest BCUT2D eigenvalue weighted by molar-refractivity contribution is 5.94. The highest BCUT2D eigenvalue weighted by Gasteiger charge is 2.03. The molecule has 0 radical (unpaired) electrons. The Labute approximate surface area is 82.7 Å². The van der Waals surface area contributed by atoms with E-state index < -0.39 is 0 Å². The highest BCUT2D eigenvalue weighted by Crippen LogP contribution is 2.03. The zero-order valence-corrected chi connectivity index (χ0v) is 7.86. The first-order valence-electron chi connectivity index (χ1n) is 4.46. The molecule has 76 valence electrons. The lowest BCUT2D eigenvalue weighted by molar-refractivity contribution is 0.0945. The first kappa shape index (κ1) is 10.7. The van der Waals surface area contributed by atoms with Crippen LogP contribution in [0.5, 0.6) is 0 Å². The average Bonchev–Trinajstić information content (AvgIpc) is 2.26. The lowest BCUT2D eigenvalue weighted by Crippen LogP contribution is -2.26. The lowest BCUT2D eigenvalue weighted by Gasteiger charge is -2.03. The van der Waals surface area contributed by atoms with Crippen LogP contribution in [0.3, 0.4) is 0 Å². The van der Waals surface area contributed by atoms with Crippen LogP contribution in [-0.2, 0) is 6.54 Å². The van der Waals surface area contributed by atoms with Crippen molar-refractivity contribution in [2.75, 3.05) is 13.2 Å². The van der Waals surface area contributed by atoms with Crippen molar-refractivity contribution in [2.45, 2.75) is 6.54 Å². The molecule has 0 aliphatic heterocycles. The SMILES string of the molecule is NCc1ccc(C(=O)NCCO)cc1. The van der Waals surface area contributed by atoms with Crippen LogP contribution in [0.15, 0.2) is 24.3 Å². The minimum Gasteiger partial charge on any atom is -0.395 e. The van der Waals surface area contributed by atoms with Gasteiger partial charge < -0.3 is 16.2 Å². The molecule has 0 saturated carbocycles. The van der Waals surface area contributed by atoms with E-state index in [-0.39, 0.29) is 19.1 Å². The van der Waals surface area contributed by atoms with Crippen molar-refractivity contribution in [3.05, 3.63) is 35.4 Å². The van der Waals surface area contributed by atoms with Crippen LogP contribution in [-0.4, -0.2) is 24.2 Å². The minimum atomic E-state index is -0.178. The van der Waals surface area contributed by atoms with Crippen molar-refractivity contribution < 1.29 is 9.90 Å². The van der Waals surface area contributed by atoms with Crippen molar-refractivity contribution >= 4 is 5.91 Å². The summed E-state index contributed by atoms with van der Waals surface area (Å²) in [5.41, 5.74) is 6.99. The number of hydrogen-bond acceptors (Lipinski definition) is 3. The van der Waals surface area contributed by atoms with E-state index in [1.807, 2.05) is 12.1 Å². The molecule has 0 saturated heterocycles. The molecule has 0 aliphatic rings. The van der Waals surface area contributed by atoms with E-state index in [1.165, 1.54) is 0 Å². The van der Waals surface area contributed by atoms with Crippen molar-refractivity contribution in [1.82, 2.24) is 5.32 Å². The Morgan fingerprint density at radius 2 is 2.00 bits per heavy atom. The fourth-order valence-corrected chi connectivity index (χ4v) is 1.06. The van der Waals surface area contributed by atoms with Gasteiger partial charge in [0.05, 0.1) is 6.61 Å². The fraction of sp³-hybridized carbons (Fsp3) is 0.300. The summed E-state index contributed by atoms with van der Waals surface area (Å²) in [6.07, 6.45) is 0. The number of hydrogen-bond donors (Lipinski definition) is 3. The number of rotatable bonds is 4. The van der Waals surface area contributed by atoms with Gasteiger partial charge in [0.15, 0.2) is 0 Å². The Morgan fingerprint density at radius 3 is 2.50 bits per heavy atom. The maximum Gasteiger partial charge on any atom is 0.251 e. The van der Waals surface area contributed by atoms with Gasteiger partial charge >= 0.3 is 0 Å². The standard InChI is InChI=1S/C10H14N2O2/c11-7-8-1-3-9(4-2-8)10(14)12-5-6-13/h1-4,13H,5-7,11H2,(H,12,14). The minimum absolute atomic E-state index is 0.0490. The van der Waals surface area contributed by atoms with E-state index in [9.17, 15) is 4.79 Å². The van der Waals surface area contributed by atoms with Crippen LogP contribution in [0, 0.1) is 0 Å². The number of benzene rings is 1. The second kappa shape index (κ2) is 5.36. The molecule has 1 aromatic rings. The molecule has 0 aliphatic carbocycles. The molecule has 0 fully saturated rings. The Hall–Kier alpha value is -1.39. The van der Waals surface area contributed by atoms with E-state index in [1.54, 1.807) is 12.1 Å². The number of nitrogens with one attached hydrogen (secondary N) is 1. The predicted molar refractivity (Wildman–Crippen MR) is 53.8 cm³/mol. The number of amides is 1. The van der Waals surface area contributed by atoms with Crippen LogP contribution < -0.4 is 11.1 Å². The number of carbonyl (C=O) groups excluding carboxylic acids is 1. The van der Waals surface area contributed by atoms with E-state index in [0.29, 0.717) is 12.1 Å². The van der Waals surface area contributed by atoms with Crippen LogP contribution in [0.2, 0.25) is 0 Å². The van der Waals surface area contributed by atoms with Gasteiger partial charge in [-0.1, -0.05) is 12.1 Å². The Kier molecular flexibility index (Phi) is 4.10. The van der Waals surface area contributed by atoms with Gasteiger partial charge in [-0.2, -0.15) is 0 Å². The summed E-state index contributed by atoms with van der Waals surface area (Å²) >= 11 is 0. The maximum absolute atomic E-state index is 11.3.